The number of aliphatic hydroxyl groups excluding tert-OH is 1. The van der Waals surface area contributed by atoms with Crippen molar-refractivity contribution in [2.24, 2.45) is 11.8 Å². The minimum Gasteiger partial charge on any atom is -0.475 e. The van der Waals surface area contributed by atoms with Crippen molar-refractivity contribution >= 4 is 22.7 Å². The van der Waals surface area contributed by atoms with Gasteiger partial charge in [0.25, 0.3) is 5.88 Å². The quantitative estimate of drug-likeness (QED) is 0.430. The van der Waals surface area contributed by atoms with Crippen molar-refractivity contribution in [3.05, 3.63) is 23.5 Å². The number of hydrogen-bond acceptors (Lipinski definition) is 8. The van der Waals surface area contributed by atoms with Crippen molar-refractivity contribution in [3.8, 4) is 17.2 Å². The second kappa shape index (κ2) is 9.17. The molecule has 5 rings (SSSR count). The van der Waals surface area contributed by atoms with Crippen LogP contribution in [0.15, 0.2) is 16.5 Å². The lowest BCUT2D eigenvalue weighted by Gasteiger charge is -2.18. The molecule has 3 aromatic heterocycles. The lowest BCUT2D eigenvalue weighted by Crippen LogP contribution is -2.19. The first-order chi connectivity index (χ1) is 16.0. The van der Waals surface area contributed by atoms with Gasteiger partial charge in [-0.05, 0) is 76.8 Å². The molecule has 2 atom stereocenters. The van der Waals surface area contributed by atoms with E-state index in [2.05, 4.69) is 15.6 Å². The number of aliphatic hydroxyl groups is 1. The molecule has 2 aliphatic rings. The maximum absolute atomic E-state index is 9.58. The number of hydrogen-bond donors (Lipinski definition) is 3. The highest BCUT2D eigenvalue weighted by molar-refractivity contribution is 5.89. The number of nitrogens with zero attached hydrogens (tertiary/aromatic N) is 3. The largest absolute Gasteiger partial charge is 0.475 e. The molecule has 0 amide bonds. The van der Waals surface area contributed by atoms with Gasteiger partial charge in [-0.2, -0.15) is 4.98 Å². The summed E-state index contributed by atoms with van der Waals surface area (Å²) in [6, 6.07) is 4.28. The van der Waals surface area contributed by atoms with E-state index in [0.717, 1.165) is 59.9 Å². The molecule has 0 aromatic carbocycles. The van der Waals surface area contributed by atoms with Crippen LogP contribution in [-0.4, -0.2) is 45.9 Å². The summed E-state index contributed by atoms with van der Waals surface area (Å²) in [6.45, 7) is 7.55. The summed E-state index contributed by atoms with van der Waals surface area (Å²) < 4.78 is 12.0. The molecule has 176 valence electrons. The molecular formula is C25H33N5O3. The van der Waals surface area contributed by atoms with Crippen molar-refractivity contribution in [3.63, 3.8) is 0 Å². The normalized spacial score (nSPS) is 20.4. The Morgan fingerprint density at radius 1 is 1.09 bits per heavy atom. The average molecular weight is 452 g/mol. The Hall–Kier alpha value is -2.87. The minimum atomic E-state index is 0.234. The molecule has 33 heavy (non-hydrogen) atoms. The van der Waals surface area contributed by atoms with Gasteiger partial charge in [-0.1, -0.05) is 0 Å². The summed E-state index contributed by atoms with van der Waals surface area (Å²) in [5.41, 5.74) is 3.23. The summed E-state index contributed by atoms with van der Waals surface area (Å²) in [4.78, 5) is 14.1. The number of anilines is 2. The van der Waals surface area contributed by atoms with E-state index in [1.54, 1.807) is 0 Å². The van der Waals surface area contributed by atoms with Crippen LogP contribution in [0.4, 0.5) is 11.8 Å². The van der Waals surface area contributed by atoms with Gasteiger partial charge in [0, 0.05) is 30.3 Å². The average Bonchev–Trinajstić information content (AvgIpc) is 3.35. The molecule has 0 radical (unpaired) electrons. The smallest absolute Gasteiger partial charge is 0.258 e. The SMILES string of the molecule is CCOc1nc(C)cc2cc(-c3c(C)nc(NCC4CC4)nc3N[C@H]3CC[C@@H](CO)C3)oc12. The fourth-order valence-electron chi connectivity index (χ4n) is 4.68. The lowest BCUT2D eigenvalue weighted by atomic mass is 10.1. The standard InChI is InChI=1S/C25H33N5O3/c1-4-32-24-22-18(9-14(2)27-24)11-20(33-22)21-15(3)28-25(26-12-16-5-6-16)30-23(21)29-19-8-7-17(10-19)13-31/h9,11,16-17,19,31H,4-8,10,12-13H2,1-3H3,(H2,26,28,29,30)/t17-,19+/m1/s1. The predicted octanol–water partition coefficient (Wildman–Crippen LogP) is 4.70. The van der Waals surface area contributed by atoms with Gasteiger partial charge >= 0.3 is 0 Å². The van der Waals surface area contributed by atoms with Crippen LogP contribution in [0, 0.1) is 25.7 Å². The van der Waals surface area contributed by atoms with Crippen LogP contribution >= 0.6 is 0 Å². The first-order valence-corrected chi connectivity index (χ1v) is 12.1. The zero-order valence-electron chi connectivity index (χ0n) is 19.6. The van der Waals surface area contributed by atoms with E-state index in [-0.39, 0.29) is 12.6 Å². The topological polar surface area (TPSA) is 105 Å². The van der Waals surface area contributed by atoms with Crippen molar-refractivity contribution in [1.29, 1.82) is 0 Å². The van der Waals surface area contributed by atoms with Gasteiger partial charge < -0.3 is 24.9 Å². The van der Waals surface area contributed by atoms with E-state index >= 15 is 0 Å². The zero-order chi connectivity index (χ0) is 22.9. The molecule has 0 unspecified atom stereocenters. The van der Waals surface area contributed by atoms with Gasteiger partial charge in [0.15, 0.2) is 5.58 Å². The number of aryl methyl sites for hydroxylation is 2. The van der Waals surface area contributed by atoms with Crippen molar-refractivity contribution in [2.75, 3.05) is 30.4 Å². The van der Waals surface area contributed by atoms with Crippen LogP contribution in [0.5, 0.6) is 5.88 Å². The fourth-order valence-corrected chi connectivity index (χ4v) is 4.68. The summed E-state index contributed by atoms with van der Waals surface area (Å²) in [7, 11) is 0. The van der Waals surface area contributed by atoms with Gasteiger partial charge in [0.05, 0.1) is 17.9 Å². The number of nitrogens with one attached hydrogen (secondary N) is 2. The van der Waals surface area contributed by atoms with Crippen molar-refractivity contribution in [2.45, 2.75) is 58.9 Å². The first-order valence-electron chi connectivity index (χ1n) is 12.1. The summed E-state index contributed by atoms with van der Waals surface area (Å²) in [5, 5.41) is 17.6. The van der Waals surface area contributed by atoms with Gasteiger partial charge in [-0.25, -0.2) is 9.97 Å². The second-order valence-corrected chi connectivity index (χ2v) is 9.41. The van der Waals surface area contributed by atoms with Crippen LogP contribution in [0.25, 0.3) is 22.3 Å². The number of aromatic nitrogens is 3. The van der Waals surface area contributed by atoms with E-state index in [9.17, 15) is 5.11 Å². The van der Waals surface area contributed by atoms with Crippen LogP contribution in [-0.2, 0) is 0 Å². The third kappa shape index (κ3) is 4.76. The number of pyridine rings is 1. The summed E-state index contributed by atoms with van der Waals surface area (Å²) in [5.74, 6) is 3.69. The molecule has 8 nitrogen and oxygen atoms in total. The van der Waals surface area contributed by atoms with Crippen LogP contribution < -0.4 is 15.4 Å². The molecule has 3 N–H and O–H groups in total. The Labute approximate surface area is 194 Å². The van der Waals surface area contributed by atoms with Gasteiger partial charge in [0.1, 0.15) is 11.6 Å². The van der Waals surface area contributed by atoms with Crippen molar-refractivity contribution < 1.29 is 14.3 Å². The summed E-state index contributed by atoms with van der Waals surface area (Å²) in [6.07, 6.45) is 5.51. The molecule has 0 bridgehead atoms. The third-order valence-electron chi connectivity index (χ3n) is 6.60. The second-order valence-electron chi connectivity index (χ2n) is 9.41. The Balaban J connectivity index is 1.54. The molecule has 8 heteroatoms. The van der Waals surface area contributed by atoms with Gasteiger partial charge in [0.2, 0.25) is 5.95 Å². The first kappa shape index (κ1) is 21.9. The molecule has 0 spiro atoms. The fraction of sp³-hybridized carbons (Fsp3) is 0.560. The molecule has 0 saturated heterocycles. The number of ether oxygens (including phenoxy) is 1. The Kier molecular flexibility index (Phi) is 6.10. The highest BCUT2D eigenvalue weighted by Gasteiger charge is 2.27. The van der Waals surface area contributed by atoms with E-state index in [4.69, 9.17) is 19.1 Å². The monoisotopic (exact) mass is 451 g/mol. The molecule has 2 fully saturated rings. The van der Waals surface area contributed by atoms with Crippen LogP contribution in [0.3, 0.4) is 0 Å². The summed E-state index contributed by atoms with van der Waals surface area (Å²) >= 11 is 0. The number of furan rings is 1. The lowest BCUT2D eigenvalue weighted by molar-refractivity contribution is 0.229. The predicted molar refractivity (Wildman–Crippen MR) is 129 cm³/mol. The Morgan fingerprint density at radius 3 is 2.64 bits per heavy atom. The van der Waals surface area contributed by atoms with Crippen LogP contribution in [0.1, 0.15) is 50.4 Å². The van der Waals surface area contributed by atoms with E-state index in [1.165, 1.54) is 12.8 Å². The zero-order valence-corrected chi connectivity index (χ0v) is 19.6. The number of fused-ring (bicyclic) bond motifs is 1. The number of rotatable bonds is 9. The molecule has 3 heterocycles. The van der Waals surface area contributed by atoms with E-state index in [1.807, 2.05) is 32.9 Å². The Bertz CT molecular complexity index is 1140. The maximum Gasteiger partial charge on any atom is 0.258 e. The Morgan fingerprint density at radius 2 is 1.91 bits per heavy atom. The molecule has 0 aliphatic heterocycles. The van der Waals surface area contributed by atoms with Crippen LogP contribution in [0.2, 0.25) is 0 Å². The molecule has 3 aromatic rings. The molecule has 2 saturated carbocycles. The minimum absolute atomic E-state index is 0.234. The van der Waals surface area contributed by atoms with E-state index in [0.29, 0.717) is 35.7 Å². The third-order valence-corrected chi connectivity index (χ3v) is 6.60. The van der Waals surface area contributed by atoms with Crippen molar-refractivity contribution in [1.82, 2.24) is 15.0 Å². The molecular weight excluding hydrogens is 418 g/mol. The highest BCUT2D eigenvalue weighted by atomic mass is 16.5. The maximum atomic E-state index is 9.58. The highest BCUT2D eigenvalue weighted by Crippen LogP contribution is 2.39. The van der Waals surface area contributed by atoms with E-state index < -0.39 is 0 Å². The van der Waals surface area contributed by atoms with Gasteiger partial charge in [-0.3, -0.25) is 0 Å². The van der Waals surface area contributed by atoms with Gasteiger partial charge in [-0.15, -0.1) is 0 Å². The molecule has 2 aliphatic carbocycles.